The van der Waals surface area contributed by atoms with Gasteiger partial charge in [-0.25, -0.2) is 18.5 Å². The standard InChI is InChI=1S/C14H11N3O3S2/c15-22(18,19)14-16-13(17-21-14)10-6-8-12(9-7-10)20-11-4-2-1-3-5-11/h1-9H,(H2,15,18,19). The summed E-state index contributed by atoms with van der Waals surface area (Å²) in [5, 5.41) is 5.02. The maximum Gasteiger partial charge on any atom is 0.266 e. The number of hydrogen-bond donors (Lipinski definition) is 1. The molecule has 0 aliphatic rings. The van der Waals surface area contributed by atoms with Crippen LogP contribution in [0.2, 0.25) is 0 Å². The highest BCUT2D eigenvalue weighted by Crippen LogP contribution is 2.25. The summed E-state index contributed by atoms with van der Waals surface area (Å²) in [4.78, 5) is 3.92. The monoisotopic (exact) mass is 333 g/mol. The van der Waals surface area contributed by atoms with E-state index < -0.39 is 10.0 Å². The normalized spacial score (nSPS) is 11.3. The molecule has 112 valence electrons. The van der Waals surface area contributed by atoms with E-state index >= 15 is 0 Å². The van der Waals surface area contributed by atoms with Gasteiger partial charge in [-0.05, 0) is 47.9 Å². The van der Waals surface area contributed by atoms with E-state index in [2.05, 4.69) is 9.36 Å². The van der Waals surface area contributed by atoms with E-state index in [1.165, 1.54) is 0 Å². The van der Waals surface area contributed by atoms with Gasteiger partial charge in [0.2, 0.25) is 4.34 Å². The number of primary sulfonamides is 1. The number of benzene rings is 2. The van der Waals surface area contributed by atoms with Crippen molar-refractivity contribution in [2.75, 3.05) is 0 Å². The van der Waals surface area contributed by atoms with Crippen molar-refractivity contribution < 1.29 is 13.2 Å². The van der Waals surface area contributed by atoms with Gasteiger partial charge in [0.25, 0.3) is 10.0 Å². The molecule has 0 fully saturated rings. The third-order valence-corrected chi connectivity index (χ3v) is 4.75. The molecule has 0 aliphatic carbocycles. The smallest absolute Gasteiger partial charge is 0.266 e. The van der Waals surface area contributed by atoms with Crippen molar-refractivity contribution in [2.24, 2.45) is 5.14 Å². The van der Waals surface area contributed by atoms with Gasteiger partial charge in [-0.3, -0.25) is 0 Å². The fraction of sp³-hybridized carbons (Fsp3) is 0. The Kier molecular flexibility index (Phi) is 3.88. The number of sulfonamides is 1. The molecule has 2 N–H and O–H groups in total. The SMILES string of the molecule is NS(=O)(=O)c1nc(-c2ccc(Oc3ccccc3)cc2)ns1. The Morgan fingerprint density at radius 2 is 1.59 bits per heavy atom. The molecule has 3 aromatic rings. The van der Waals surface area contributed by atoms with Gasteiger partial charge in [0, 0.05) is 5.56 Å². The molecule has 0 unspecified atom stereocenters. The van der Waals surface area contributed by atoms with Crippen molar-refractivity contribution in [1.29, 1.82) is 0 Å². The first-order valence-electron chi connectivity index (χ1n) is 6.22. The molecule has 0 saturated carbocycles. The minimum atomic E-state index is -3.82. The molecular formula is C14H11N3O3S2. The Morgan fingerprint density at radius 3 is 2.18 bits per heavy atom. The van der Waals surface area contributed by atoms with Crippen LogP contribution in [0.5, 0.6) is 11.5 Å². The largest absolute Gasteiger partial charge is 0.457 e. The first-order chi connectivity index (χ1) is 10.5. The summed E-state index contributed by atoms with van der Waals surface area (Å²) >= 11 is 0.753. The maximum atomic E-state index is 11.2. The lowest BCUT2D eigenvalue weighted by molar-refractivity contribution is 0.483. The molecule has 0 spiro atoms. The number of aromatic nitrogens is 2. The summed E-state index contributed by atoms with van der Waals surface area (Å²) in [5.41, 5.74) is 0.687. The molecule has 0 bridgehead atoms. The average Bonchev–Trinajstić information content (AvgIpc) is 2.99. The third-order valence-electron chi connectivity index (χ3n) is 2.74. The lowest BCUT2D eigenvalue weighted by Gasteiger charge is -2.05. The predicted octanol–water partition coefficient (Wildman–Crippen LogP) is 2.64. The fourth-order valence-electron chi connectivity index (χ4n) is 1.74. The zero-order valence-electron chi connectivity index (χ0n) is 11.2. The van der Waals surface area contributed by atoms with Crippen LogP contribution in [0.25, 0.3) is 11.4 Å². The van der Waals surface area contributed by atoms with Crippen LogP contribution in [0.15, 0.2) is 58.9 Å². The van der Waals surface area contributed by atoms with Gasteiger partial charge in [-0.1, -0.05) is 18.2 Å². The molecule has 8 heteroatoms. The van der Waals surface area contributed by atoms with Crippen LogP contribution in [0, 0.1) is 0 Å². The molecule has 0 radical (unpaired) electrons. The molecule has 1 heterocycles. The lowest BCUT2D eigenvalue weighted by Crippen LogP contribution is -2.11. The summed E-state index contributed by atoms with van der Waals surface area (Å²) in [6.07, 6.45) is 0. The topological polar surface area (TPSA) is 95.2 Å². The van der Waals surface area contributed by atoms with Gasteiger partial charge < -0.3 is 4.74 Å². The van der Waals surface area contributed by atoms with Crippen molar-refractivity contribution in [2.45, 2.75) is 4.34 Å². The molecule has 3 rings (SSSR count). The maximum absolute atomic E-state index is 11.2. The van der Waals surface area contributed by atoms with E-state index in [1.807, 2.05) is 30.3 Å². The van der Waals surface area contributed by atoms with Crippen LogP contribution in [0.1, 0.15) is 0 Å². The number of rotatable bonds is 4. The first-order valence-corrected chi connectivity index (χ1v) is 8.54. The summed E-state index contributed by atoms with van der Waals surface area (Å²) in [6.45, 7) is 0. The van der Waals surface area contributed by atoms with Crippen LogP contribution >= 0.6 is 11.5 Å². The van der Waals surface area contributed by atoms with Crippen LogP contribution in [0.3, 0.4) is 0 Å². The minimum Gasteiger partial charge on any atom is -0.457 e. The van der Waals surface area contributed by atoms with E-state index in [9.17, 15) is 8.42 Å². The van der Waals surface area contributed by atoms with Crippen molar-refractivity contribution in [1.82, 2.24) is 9.36 Å². The van der Waals surface area contributed by atoms with Crippen molar-refractivity contribution in [3.63, 3.8) is 0 Å². The molecule has 2 aromatic carbocycles. The summed E-state index contributed by atoms with van der Waals surface area (Å²) in [6, 6.07) is 16.4. The predicted molar refractivity (Wildman–Crippen MR) is 83.2 cm³/mol. The summed E-state index contributed by atoms with van der Waals surface area (Å²) in [5.74, 6) is 1.72. The second kappa shape index (κ2) is 5.84. The highest BCUT2D eigenvalue weighted by Gasteiger charge is 2.15. The van der Waals surface area contributed by atoms with E-state index in [0.717, 1.165) is 17.3 Å². The van der Waals surface area contributed by atoms with Gasteiger partial charge in [-0.15, -0.1) is 0 Å². The van der Waals surface area contributed by atoms with Crippen LogP contribution in [-0.2, 0) is 10.0 Å². The Labute approximate surface area is 131 Å². The van der Waals surface area contributed by atoms with Crippen LogP contribution in [-0.4, -0.2) is 17.8 Å². The zero-order chi connectivity index (χ0) is 15.6. The van der Waals surface area contributed by atoms with Crippen molar-refractivity contribution >= 4 is 21.6 Å². The molecule has 0 atom stereocenters. The zero-order valence-corrected chi connectivity index (χ0v) is 12.8. The van der Waals surface area contributed by atoms with Gasteiger partial charge in [-0.2, -0.15) is 4.37 Å². The third kappa shape index (κ3) is 3.30. The minimum absolute atomic E-state index is 0.202. The Morgan fingerprint density at radius 1 is 0.955 bits per heavy atom. The average molecular weight is 333 g/mol. The summed E-state index contributed by atoms with van der Waals surface area (Å²) in [7, 11) is -3.82. The Balaban J connectivity index is 1.81. The van der Waals surface area contributed by atoms with E-state index in [1.54, 1.807) is 24.3 Å². The van der Waals surface area contributed by atoms with Gasteiger partial charge in [0.15, 0.2) is 5.82 Å². The molecule has 1 aromatic heterocycles. The summed E-state index contributed by atoms with van der Waals surface area (Å²) < 4.78 is 31.9. The van der Waals surface area contributed by atoms with Gasteiger partial charge >= 0.3 is 0 Å². The second-order valence-corrected chi connectivity index (χ2v) is 6.86. The van der Waals surface area contributed by atoms with Gasteiger partial charge in [0.1, 0.15) is 11.5 Å². The van der Waals surface area contributed by atoms with E-state index in [4.69, 9.17) is 9.88 Å². The van der Waals surface area contributed by atoms with E-state index in [-0.39, 0.29) is 4.34 Å². The molecule has 0 aliphatic heterocycles. The number of para-hydroxylation sites is 1. The Hall–Kier alpha value is -2.29. The van der Waals surface area contributed by atoms with Gasteiger partial charge in [0.05, 0.1) is 0 Å². The second-order valence-electron chi connectivity index (χ2n) is 4.37. The molecule has 6 nitrogen and oxygen atoms in total. The number of hydrogen-bond acceptors (Lipinski definition) is 6. The van der Waals surface area contributed by atoms with Crippen molar-refractivity contribution in [3.05, 3.63) is 54.6 Å². The lowest BCUT2D eigenvalue weighted by atomic mass is 10.2. The van der Waals surface area contributed by atoms with Crippen LogP contribution < -0.4 is 9.88 Å². The van der Waals surface area contributed by atoms with Crippen LogP contribution in [0.4, 0.5) is 0 Å². The number of nitrogens with zero attached hydrogens (tertiary/aromatic N) is 2. The highest BCUT2D eigenvalue weighted by atomic mass is 32.2. The molecule has 0 saturated heterocycles. The molecule has 22 heavy (non-hydrogen) atoms. The Bertz CT molecular complexity index is 875. The fourth-order valence-corrected chi connectivity index (χ4v) is 2.92. The quantitative estimate of drug-likeness (QED) is 0.792. The highest BCUT2D eigenvalue weighted by molar-refractivity contribution is 7.91. The molecule has 0 amide bonds. The molecular weight excluding hydrogens is 322 g/mol. The number of nitrogens with two attached hydrogens (primary N) is 1. The van der Waals surface area contributed by atoms with Crippen molar-refractivity contribution in [3.8, 4) is 22.9 Å². The number of ether oxygens (including phenoxy) is 1. The first kappa shape index (κ1) is 14.6. The van der Waals surface area contributed by atoms with E-state index in [0.29, 0.717) is 17.1 Å².